The van der Waals surface area contributed by atoms with Crippen molar-refractivity contribution in [3.05, 3.63) is 22.9 Å². The second-order valence-electron chi connectivity index (χ2n) is 5.24. The third-order valence-corrected chi connectivity index (χ3v) is 4.42. The van der Waals surface area contributed by atoms with Crippen molar-refractivity contribution in [3.8, 4) is 0 Å². The van der Waals surface area contributed by atoms with Crippen molar-refractivity contribution in [2.24, 2.45) is 0 Å². The number of hydrogen-bond donors (Lipinski definition) is 1. The molecule has 1 aromatic heterocycles. The van der Waals surface area contributed by atoms with Gasteiger partial charge in [-0.25, -0.2) is 9.37 Å². The zero-order valence-electron chi connectivity index (χ0n) is 11.2. The summed E-state index contributed by atoms with van der Waals surface area (Å²) >= 11 is 6.12. The number of rotatable bonds is 2. The summed E-state index contributed by atoms with van der Waals surface area (Å²) in [5, 5.41) is 2.43. The van der Waals surface area contributed by atoms with E-state index in [1.165, 1.54) is 0 Å². The van der Waals surface area contributed by atoms with Crippen LogP contribution >= 0.6 is 11.6 Å². The van der Waals surface area contributed by atoms with Crippen LogP contribution in [0, 0.1) is 20.8 Å². The molecule has 1 aliphatic rings. The fraction of sp³-hybridized carbons (Fsp3) is 0.643. The van der Waals surface area contributed by atoms with Crippen LogP contribution in [0.25, 0.3) is 0 Å². The van der Waals surface area contributed by atoms with E-state index in [0.29, 0.717) is 12.2 Å². The predicted molar refractivity (Wildman–Crippen MR) is 74.0 cm³/mol. The van der Waals surface area contributed by atoms with E-state index >= 15 is 0 Å². The third kappa shape index (κ3) is 2.61. The molecule has 2 atom stereocenters. The highest BCUT2D eigenvalue weighted by Gasteiger charge is 2.40. The van der Waals surface area contributed by atoms with Gasteiger partial charge in [0.15, 0.2) is 5.79 Å². The number of nitrogens with one attached hydrogen (secondary N) is 1. The highest BCUT2D eigenvalue weighted by atomic mass is 35.5. The Bertz CT molecular complexity index is 426. The summed E-state index contributed by atoms with van der Waals surface area (Å²) in [6.45, 7) is 5.98. The largest absolute Gasteiger partial charge is 0.337 e. The molecule has 1 heterocycles. The molecule has 1 fully saturated rings. The summed E-state index contributed by atoms with van der Waals surface area (Å²) in [6, 6.07) is 1.89. The molecular formula is C14H20ClFN2. The van der Waals surface area contributed by atoms with Crippen molar-refractivity contribution in [1.29, 1.82) is 0 Å². The van der Waals surface area contributed by atoms with Crippen LogP contribution in [0.4, 0.5) is 10.2 Å². The Kier molecular flexibility index (Phi) is 3.81. The van der Waals surface area contributed by atoms with Crippen molar-refractivity contribution in [2.45, 2.75) is 57.6 Å². The minimum Gasteiger partial charge on any atom is -0.337 e. The Hall–Kier alpha value is -0.830. The number of nitrogens with zero attached hydrogens (tertiary/aromatic N) is 1. The molecule has 0 spiro atoms. The van der Waals surface area contributed by atoms with Gasteiger partial charge >= 0.3 is 0 Å². The maximum atomic E-state index is 14.7. The van der Waals surface area contributed by atoms with Gasteiger partial charge in [-0.1, -0.05) is 6.42 Å². The van der Waals surface area contributed by atoms with Gasteiger partial charge in [-0.3, -0.25) is 0 Å². The van der Waals surface area contributed by atoms with Crippen molar-refractivity contribution >= 4 is 17.4 Å². The summed E-state index contributed by atoms with van der Waals surface area (Å²) in [5.41, 5.74) is 3.21. The minimum absolute atomic E-state index is 0.453. The molecule has 2 unspecified atom stereocenters. The zero-order chi connectivity index (χ0) is 13.3. The maximum absolute atomic E-state index is 14.7. The smallest absolute Gasteiger partial charge is 0.198 e. The fourth-order valence-electron chi connectivity index (χ4n) is 2.40. The van der Waals surface area contributed by atoms with Gasteiger partial charge in [0.1, 0.15) is 5.82 Å². The van der Waals surface area contributed by atoms with Gasteiger partial charge in [-0.2, -0.15) is 0 Å². The van der Waals surface area contributed by atoms with Gasteiger partial charge in [0.05, 0.1) is 5.38 Å². The maximum Gasteiger partial charge on any atom is 0.198 e. The van der Waals surface area contributed by atoms with Crippen molar-refractivity contribution in [2.75, 3.05) is 5.32 Å². The predicted octanol–water partition coefficient (Wildman–Crippen LogP) is 4.27. The summed E-state index contributed by atoms with van der Waals surface area (Å²) < 4.78 is 14.7. The Morgan fingerprint density at radius 3 is 2.72 bits per heavy atom. The van der Waals surface area contributed by atoms with Crippen LogP contribution in [-0.2, 0) is 0 Å². The Morgan fingerprint density at radius 1 is 1.39 bits per heavy atom. The fourth-order valence-corrected chi connectivity index (χ4v) is 2.72. The number of hydrogen-bond acceptors (Lipinski definition) is 2. The summed E-state index contributed by atoms with van der Waals surface area (Å²) in [5.74, 6) is -0.938. The molecule has 0 aliphatic heterocycles. The lowest BCUT2D eigenvalue weighted by atomic mass is 9.92. The third-order valence-electron chi connectivity index (χ3n) is 3.86. The molecular weight excluding hydrogens is 251 g/mol. The van der Waals surface area contributed by atoms with Gasteiger partial charge in [0.2, 0.25) is 0 Å². The lowest BCUT2D eigenvalue weighted by Crippen LogP contribution is -2.44. The quantitative estimate of drug-likeness (QED) is 0.641. The first-order valence-corrected chi connectivity index (χ1v) is 6.92. The second kappa shape index (κ2) is 5.04. The highest BCUT2D eigenvalue weighted by Crippen LogP contribution is 2.36. The summed E-state index contributed by atoms with van der Waals surface area (Å²) in [7, 11) is 0. The molecule has 100 valence electrons. The van der Waals surface area contributed by atoms with Crippen LogP contribution in [0.5, 0.6) is 0 Å². The number of alkyl halides is 2. The first-order chi connectivity index (χ1) is 8.42. The number of halogens is 2. The lowest BCUT2D eigenvalue weighted by Gasteiger charge is -2.35. The second-order valence-corrected chi connectivity index (χ2v) is 5.76. The van der Waals surface area contributed by atoms with Crippen LogP contribution in [0.3, 0.4) is 0 Å². The molecule has 1 aliphatic carbocycles. The monoisotopic (exact) mass is 270 g/mol. The van der Waals surface area contributed by atoms with Crippen LogP contribution in [0.1, 0.15) is 42.5 Å². The molecule has 0 saturated heterocycles. The van der Waals surface area contributed by atoms with Gasteiger partial charge in [0, 0.05) is 12.1 Å². The number of aryl methyl sites for hydroxylation is 2. The average molecular weight is 271 g/mol. The molecule has 2 nitrogen and oxygen atoms in total. The van der Waals surface area contributed by atoms with E-state index in [0.717, 1.165) is 36.1 Å². The molecule has 2 rings (SSSR count). The number of aromatic nitrogens is 1. The standard InChI is InChI=1S/C14H20ClFN2/c1-9-8-13(17-11(3)10(9)2)18-14(16)7-5-4-6-12(14)15/h8,12H,4-7H2,1-3H3,(H,17,18). The SMILES string of the molecule is Cc1cc(NC2(F)CCCCC2Cl)nc(C)c1C. The normalized spacial score (nSPS) is 28.2. The molecule has 18 heavy (non-hydrogen) atoms. The lowest BCUT2D eigenvalue weighted by molar-refractivity contribution is 0.145. The van der Waals surface area contributed by atoms with E-state index in [4.69, 9.17) is 11.6 Å². The number of anilines is 1. The molecule has 1 N–H and O–H groups in total. The number of pyridine rings is 1. The van der Waals surface area contributed by atoms with E-state index in [9.17, 15) is 4.39 Å². The van der Waals surface area contributed by atoms with Gasteiger partial charge in [-0.15, -0.1) is 11.6 Å². The topological polar surface area (TPSA) is 24.9 Å². The van der Waals surface area contributed by atoms with Gasteiger partial charge in [0.25, 0.3) is 0 Å². The van der Waals surface area contributed by atoms with Crippen molar-refractivity contribution < 1.29 is 4.39 Å². The first kappa shape index (κ1) is 13.6. The molecule has 1 saturated carbocycles. The minimum atomic E-state index is -1.53. The molecule has 0 bridgehead atoms. The summed E-state index contributed by atoms with van der Waals surface area (Å²) in [4.78, 5) is 4.40. The van der Waals surface area contributed by atoms with Crippen molar-refractivity contribution in [3.63, 3.8) is 0 Å². The first-order valence-electron chi connectivity index (χ1n) is 6.48. The molecule has 1 aromatic rings. The Balaban J connectivity index is 2.23. The molecule has 0 amide bonds. The van der Waals surface area contributed by atoms with Gasteiger partial charge < -0.3 is 5.32 Å². The van der Waals surface area contributed by atoms with E-state index in [1.54, 1.807) is 0 Å². The van der Waals surface area contributed by atoms with Crippen LogP contribution < -0.4 is 5.32 Å². The van der Waals surface area contributed by atoms with Gasteiger partial charge in [-0.05, 0) is 50.8 Å². The van der Waals surface area contributed by atoms with Crippen LogP contribution in [-0.4, -0.2) is 16.2 Å². The van der Waals surface area contributed by atoms with Crippen LogP contribution in [0.2, 0.25) is 0 Å². The Labute approximate surface area is 113 Å². The average Bonchev–Trinajstić information content (AvgIpc) is 2.30. The Morgan fingerprint density at radius 2 is 2.11 bits per heavy atom. The van der Waals surface area contributed by atoms with E-state index in [-0.39, 0.29) is 0 Å². The molecule has 0 radical (unpaired) electrons. The van der Waals surface area contributed by atoms with E-state index in [1.807, 2.05) is 26.8 Å². The highest BCUT2D eigenvalue weighted by molar-refractivity contribution is 6.21. The van der Waals surface area contributed by atoms with Crippen molar-refractivity contribution in [1.82, 2.24) is 4.98 Å². The van der Waals surface area contributed by atoms with E-state index in [2.05, 4.69) is 10.3 Å². The summed E-state index contributed by atoms with van der Waals surface area (Å²) in [6.07, 6.45) is 3.04. The molecule has 4 heteroatoms. The van der Waals surface area contributed by atoms with E-state index < -0.39 is 11.2 Å². The zero-order valence-corrected chi connectivity index (χ0v) is 11.9. The molecule has 0 aromatic carbocycles. The van der Waals surface area contributed by atoms with Crippen LogP contribution in [0.15, 0.2) is 6.07 Å².